The molecule has 0 aromatic carbocycles. The van der Waals surface area contributed by atoms with E-state index in [0.29, 0.717) is 5.54 Å². The van der Waals surface area contributed by atoms with Crippen LogP contribution < -0.4 is 0 Å². The smallest absolute Gasteiger partial charge is 0.0232 e. The molecule has 1 saturated carbocycles. The average molecular weight is 167 g/mol. The fourth-order valence-electron chi connectivity index (χ4n) is 3.37. The second kappa shape index (κ2) is 3.02. The number of rotatable bonds is 0. The summed E-state index contributed by atoms with van der Waals surface area (Å²) in [4.78, 5) is 2.64. The standard InChI is InChI=1S/C11H21N/c1-10-6-3-4-7-11(10)8-5-9-12(11)2/h10H,3-9H2,1-2H3. The van der Waals surface area contributed by atoms with Crippen molar-refractivity contribution in [3.63, 3.8) is 0 Å². The molecule has 70 valence electrons. The van der Waals surface area contributed by atoms with Crippen LogP contribution in [0.25, 0.3) is 0 Å². The van der Waals surface area contributed by atoms with E-state index in [-0.39, 0.29) is 0 Å². The predicted molar refractivity (Wildman–Crippen MR) is 52.2 cm³/mol. The molecule has 2 rings (SSSR count). The van der Waals surface area contributed by atoms with Crippen molar-refractivity contribution in [2.45, 2.75) is 51.0 Å². The van der Waals surface area contributed by atoms with Gasteiger partial charge in [-0.05, 0) is 45.2 Å². The van der Waals surface area contributed by atoms with Crippen LogP contribution in [0.3, 0.4) is 0 Å². The van der Waals surface area contributed by atoms with Crippen LogP contribution in [0.4, 0.5) is 0 Å². The summed E-state index contributed by atoms with van der Waals surface area (Å²) in [6, 6.07) is 0. The molecule has 0 aromatic heterocycles. The first-order valence-corrected chi connectivity index (χ1v) is 5.47. The number of nitrogens with zero attached hydrogens (tertiary/aromatic N) is 1. The van der Waals surface area contributed by atoms with E-state index in [1.165, 1.54) is 45.1 Å². The zero-order valence-electron chi connectivity index (χ0n) is 8.47. The molecule has 2 fully saturated rings. The van der Waals surface area contributed by atoms with Crippen LogP contribution in [0.15, 0.2) is 0 Å². The van der Waals surface area contributed by atoms with Gasteiger partial charge < -0.3 is 4.90 Å². The van der Waals surface area contributed by atoms with Crippen LogP contribution in [0.2, 0.25) is 0 Å². The highest BCUT2D eigenvalue weighted by molar-refractivity contribution is 4.99. The minimum atomic E-state index is 0.623. The van der Waals surface area contributed by atoms with E-state index < -0.39 is 0 Å². The van der Waals surface area contributed by atoms with Gasteiger partial charge in [0.05, 0.1) is 0 Å². The first kappa shape index (κ1) is 8.55. The Morgan fingerprint density at radius 2 is 1.92 bits per heavy atom. The van der Waals surface area contributed by atoms with Crippen molar-refractivity contribution in [3.8, 4) is 0 Å². The maximum absolute atomic E-state index is 2.64. The van der Waals surface area contributed by atoms with E-state index in [1.54, 1.807) is 0 Å². The Hall–Kier alpha value is -0.0400. The lowest BCUT2D eigenvalue weighted by molar-refractivity contribution is 0.0639. The van der Waals surface area contributed by atoms with Crippen molar-refractivity contribution < 1.29 is 0 Å². The summed E-state index contributed by atoms with van der Waals surface area (Å²) in [7, 11) is 2.33. The van der Waals surface area contributed by atoms with E-state index in [1.807, 2.05) is 0 Å². The van der Waals surface area contributed by atoms with Gasteiger partial charge in [0.25, 0.3) is 0 Å². The molecule has 0 radical (unpaired) electrons. The third-order valence-corrected chi connectivity index (χ3v) is 4.28. The van der Waals surface area contributed by atoms with Gasteiger partial charge in [0, 0.05) is 5.54 Å². The Kier molecular flexibility index (Phi) is 2.16. The quantitative estimate of drug-likeness (QED) is 0.536. The van der Waals surface area contributed by atoms with Crippen molar-refractivity contribution in [1.82, 2.24) is 4.90 Å². The molecule has 1 heteroatoms. The van der Waals surface area contributed by atoms with Crippen LogP contribution in [0, 0.1) is 5.92 Å². The molecule has 1 nitrogen and oxygen atoms in total. The normalized spacial score (nSPS) is 44.0. The van der Waals surface area contributed by atoms with Crippen molar-refractivity contribution >= 4 is 0 Å². The molecule has 1 heterocycles. The summed E-state index contributed by atoms with van der Waals surface area (Å²) in [6.07, 6.45) is 8.76. The van der Waals surface area contributed by atoms with Gasteiger partial charge in [-0.25, -0.2) is 0 Å². The lowest BCUT2D eigenvalue weighted by Gasteiger charge is -2.45. The first-order chi connectivity index (χ1) is 5.76. The Bertz CT molecular complexity index is 166. The molecule has 0 amide bonds. The van der Waals surface area contributed by atoms with Gasteiger partial charge >= 0.3 is 0 Å². The molecule has 2 aliphatic rings. The molecule has 2 unspecified atom stereocenters. The summed E-state index contributed by atoms with van der Waals surface area (Å²) < 4.78 is 0. The van der Waals surface area contributed by atoms with E-state index in [0.717, 1.165) is 5.92 Å². The second-order valence-corrected chi connectivity index (χ2v) is 4.78. The van der Waals surface area contributed by atoms with Gasteiger partial charge in [-0.1, -0.05) is 19.8 Å². The fourth-order valence-corrected chi connectivity index (χ4v) is 3.37. The summed E-state index contributed by atoms with van der Waals surface area (Å²) in [5, 5.41) is 0. The van der Waals surface area contributed by atoms with E-state index in [4.69, 9.17) is 0 Å². The Morgan fingerprint density at radius 3 is 2.50 bits per heavy atom. The molecule has 1 saturated heterocycles. The maximum Gasteiger partial charge on any atom is 0.0232 e. The number of hydrogen-bond acceptors (Lipinski definition) is 1. The van der Waals surface area contributed by atoms with Gasteiger partial charge in [-0.2, -0.15) is 0 Å². The highest BCUT2D eigenvalue weighted by Gasteiger charge is 2.43. The molecule has 1 aliphatic heterocycles. The minimum Gasteiger partial charge on any atom is -0.300 e. The first-order valence-electron chi connectivity index (χ1n) is 5.47. The summed E-state index contributed by atoms with van der Waals surface area (Å²) in [5.74, 6) is 0.943. The fraction of sp³-hybridized carbons (Fsp3) is 1.00. The Morgan fingerprint density at radius 1 is 1.17 bits per heavy atom. The molecular weight excluding hydrogens is 146 g/mol. The number of likely N-dealkylation sites (tertiary alicyclic amines) is 1. The molecule has 2 atom stereocenters. The second-order valence-electron chi connectivity index (χ2n) is 4.78. The average Bonchev–Trinajstić information content (AvgIpc) is 2.41. The molecule has 0 bridgehead atoms. The Balaban J connectivity index is 2.15. The van der Waals surface area contributed by atoms with E-state index in [2.05, 4.69) is 18.9 Å². The van der Waals surface area contributed by atoms with Gasteiger partial charge in [0.2, 0.25) is 0 Å². The zero-order chi connectivity index (χ0) is 8.60. The monoisotopic (exact) mass is 167 g/mol. The maximum atomic E-state index is 2.64. The minimum absolute atomic E-state index is 0.623. The summed E-state index contributed by atoms with van der Waals surface area (Å²) >= 11 is 0. The topological polar surface area (TPSA) is 3.24 Å². The molecule has 0 N–H and O–H groups in total. The van der Waals surface area contributed by atoms with Crippen molar-refractivity contribution in [2.24, 2.45) is 5.92 Å². The van der Waals surface area contributed by atoms with E-state index >= 15 is 0 Å². The lowest BCUT2D eigenvalue weighted by atomic mass is 9.72. The molecule has 1 spiro atoms. The van der Waals surface area contributed by atoms with Crippen molar-refractivity contribution in [1.29, 1.82) is 0 Å². The largest absolute Gasteiger partial charge is 0.300 e. The number of hydrogen-bond donors (Lipinski definition) is 0. The van der Waals surface area contributed by atoms with Crippen LogP contribution in [-0.4, -0.2) is 24.0 Å². The van der Waals surface area contributed by atoms with Crippen LogP contribution in [0.1, 0.15) is 45.4 Å². The lowest BCUT2D eigenvalue weighted by Crippen LogP contribution is -2.48. The molecule has 12 heavy (non-hydrogen) atoms. The van der Waals surface area contributed by atoms with Gasteiger partial charge in [-0.15, -0.1) is 0 Å². The van der Waals surface area contributed by atoms with Crippen molar-refractivity contribution in [3.05, 3.63) is 0 Å². The SMILES string of the molecule is CC1CCCCC12CCCN2C. The summed E-state index contributed by atoms with van der Waals surface area (Å²) in [5.41, 5.74) is 0.623. The van der Waals surface area contributed by atoms with Gasteiger partial charge in [-0.3, -0.25) is 0 Å². The van der Waals surface area contributed by atoms with Crippen LogP contribution in [0.5, 0.6) is 0 Å². The third kappa shape index (κ3) is 1.10. The van der Waals surface area contributed by atoms with Crippen LogP contribution >= 0.6 is 0 Å². The van der Waals surface area contributed by atoms with E-state index in [9.17, 15) is 0 Å². The summed E-state index contributed by atoms with van der Waals surface area (Å²) in [6.45, 7) is 3.80. The highest BCUT2D eigenvalue weighted by Crippen LogP contribution is 2.44. The highest BCUT2D eigenvalue weighted by atomic mass is 15.2. The molecule has 0 aromatic rings. The van der Waals surface area contributed by atoms with Gasteiger partial charge in [0.1, 0.15) is 0 Å². The zero-order valence-corrected chi connectivity index (χ0v) is 8.47. The van der Waals surface area contributed by atoms with Gasteiger partial charge in [0.15, 0.2) is 0 Å². The Labute approximate surface area is 76.1 Å². The molecule has 1 aliphatic carbocycles. The third-order valence-electron chi connectivity index (χ3n) is 4.28. The predicted octanol–water partition coefficient (Wildman–Crippen LogP) is 2.66. The van der Waals surface area contributed by atoms with Crippen molar-refractivity contribution in [2.75, 3.05) is 13.6 Å². The molecular formula is C11H21N. The van der Waals surface area contributed by atoms with Crippen LogP contribution in [-0.2, 0) is 0 Å².